The number of thiazole rings is 1. The Bertz CT molecular complexity index is 1060. The average Bonchev–Trinajstić information content (AvgIpc) is 3.56. The van der Waals surface area contributed by atoms with Crippen molar-refractivity contribution in [2.45, 2.75) is 63.8 Å². The fourth-order valence-electron chi connectivity index (χ4n) is 5.95. The fourth-order valence-corrected chi connectivity index (χ4v) is 6.58. The van der Waals surface area contributed by atoms with Crippen molar-refractivity contribution in [2.75, 3.05) is 6.61 Å². The lowest BCUT2D eigenvalue weighted by molar-refractivity contribution is -0.128. The average molecular weight is 455 g/mol. The minimum Gasteiger partial charge on any atom is -0.396 e. The number of nitrogens with zero attached hydrogens (tertiary/aromatic N) is 3. The van der Waals surface area contributed by atoms with Gasteiger partial charge in [0.1, 0.15) is 5.01 Å². The molecule has 4 heterocycles. The highest BCUT2D eigenvalue weighted by Crippen LogP contribution is 2.49. The van der Waals surface area contributed by atoms with Crippen molar-refractivity contribution in [3.8, 4) is 0 Å². The molecule has 2 fully saturated rings. The van der Waals surface area contributed by atoms with E-state index in [4.69, 9.17) is 0 Å². The van der Waals surface area contributed by atoms with Crippen LogP contribution >= 0.6 is 11.3 Å². The van der Waals surface area contributed by atoms with Gasteiger partial charge in [-0.2, -0.15) is 0 Å². The molecule has 0 unspecified atom stereocenters. The van der Waals surface area contributed by atoms with E-state index in [9.17, 15) is 14.7 Å². The zero-order chi connectivity index (χ0) is 22.2. The van der Waals surface area contributed by atoms with Crippen LogP contribution in [0.2, 0.25) is 0 Å². The summed E-state index contributed by atoms with van der Waals surface area (Å²) < 4.78 is 1.84. The molecule has 1 saturated heterocycles. The number of allylic oxidation sites excluding steroid dienone is 1. The van der Waals surface area contributed by atoms with Gasteiger partial charge in [-0.3, -0.25) is 14.5 Å². The third kappa shape index (κ3) is 3.64. The Labute approximate surface area is 191 Å². The zero-order valence-electron chi connectivity index (χ0n) is 18.3. The van der Waals surface area contributed by atoms with Crippen LogP contribution in [0.1, 0.15) is 54.9 Å². The van der Waals surface area contributed by atoms with Gasteiger partial charge >= 0.3 is 0 Å². The normalized spacial score (nSPS) is 27.8. The van der Waals surface area contributed by atoms with E-state index in [-0.39, 0.29) is 42.0 Å². The number of pyridine rings is 1. The van der Waals surface area contributed by atoms with Crippen LogP contribution in [0.3, 0.4) is 0 Å². The van der Waals surface area contributed by atoms with Crippen LogP contribution in [0.5, 0.6) is 0 Å². The van der Waals surface area contributed by atoms with E-state index in [0.29, 0.717) is 18.7 Å². The van der Waals surface area contributed by atoms with Gasteiger partial charge in [0.25, 0.3) is 5.56 Å². The second kappa shape index (κ2) is 8.92. The molecule has 170 valence electrons. The molecular formula is C24H30N4O3S. The van der Waals surface area contributed by atoms with Gasteiger partial charge in [-0.05, 0) is 31.9 Å². The summed E-state index contributed by atoms with van der Waals surface area (Å²) in [7, 11) is 0. The van der Waals surface area contributed by atoms with E-state index in [2.05, 4.69) is 15.2 Å². The summed E-state index contributed by atoms with van der Waals surface area (Å²) in [6.07, 6.45) is 9.82. The maximum atomic E-state index is 13.5. The lowest BCUT2D eigenvalue weighted by atomic mass is 9.88. The lowest BCUT2D eigenvalue weighted by Gasteiger charge is -2.31. The van der Waals surface area contributed by atoms with Gasteiger partial charge in [-0.25, -0.2) is 4.98 Å². The van der Waals surface area contributed by atoms with Crippen LogP contribution in [0, 0.1) is 11.8 Å². The first-order chi connectivity index (χ1) is 15.6. The van der Waals surface area contributed by atoms with Crippen molar-refractivity contribution in [1.82, 2.24) is 19.8 Å². The van der Waals surface area contributed by atoms with Crippen molar-refractivity contribution >= 4 is 23.3 Å². The Morgan fingerprint density at radius 3 is 2.84 bits per heavy atom. The monoisotopic (exact) mass is 454 g/mol. The summed E-state index contributed by atoms with van der Waals surface area (Å²) in [5.74, 6) is -0.222. The molecule has 1 aliphatic carbocycles. The van der Waals surface area contributed by atoms with Gasteiger partial charge in [0.2, 0.25) is 5.91 Å². The predicted molar refractivity (Wildman–Crippen MR) is 124 cm³/mol. The first kappa shape index (κ1) is 21.6. The largest absolute Gasteiger partial charge is 0.396 e. The van der Waals surface area contributed by atoms with Crippen molar-refractivity contribution in [3.63, 3.8) is 0 Å². The van der Waals surface area contributed by atoms with Crippen molar-refractivity contribution in [2.24, 2.45) is 11.8 Å². The molecule has 3 aliphatic rings. The van der Waals surface area contributed by atoms with E-state index in [1.807, 2.05) is 41.2 Å². The minimum atomic E-state index is -0.432. The van der Waals surface area contributed by atoms with Gasteiger partial charge in [0.05, 0.1) is 18.6 Å². The number of fused-ring (bicyclic) bond motifs is 3. The van der Waals surface area contributed by atoms with Crippen LogP contribution in [-0.4, -0.2) is 44.2 Å². The molecule has 0 aromatic carbocycles. The Kier molecular flexibility index (Phi) is 6.01. The molecule has 8 heteroatoms. The number of hydrogen-bond acceptors (Lipinski definition) is 6. The van der Waals surface area contributed by atoms with Gasteiger partial charge in [-0.15, -0.1) is 11.3 Å². The number of carbonyl (C=O) groups is 1. The molecule has 32 heavy (non-hydrogen) atoms. The number of aliphatic hydroxyl groups excluding tert-OH is 1. The third-order valence-electron chi connectivity index (χ3n) is 7.34. The Hall–Kier alpha value is -2.29. The summed E-state index contributed by atoms with van der Waals surface area (Å²) in [6.45, 7) is 2.87. The molecule has 2 aliphatic heterocycles. The predicted octanol–water partition coefficient (Wildman–Crippen LogP) is 2.56. The first-order valence-electron chi connectivity index (χ1n) is 11.5. The Balaban J connectivity index is 1.53. The van der Waals surface area contributed by atoms with Gasteiger partial charge in [0, 0.05) is 53.9 Å². The highest BCUT2D eigenvalue weighted by Gasteiger charge is 2.55. The number of nitrogens with one attached hydrogen (secondary N) is 1. The molecule has 4 atom stereocenters. The standard InChI is InChI=1S/C24H30N4O3S/c1-2-5-15-8-9-19-21-17(12-27(19)24(15)31)18(14-29)22(23(30)26-16-6-3-4-7-16)28(21)13-20-25-10-11-32-20/h2,5,8-11,16-18,21-22,29H,3-4,6-7,12-14H2,1H3,(H,26,30)/b5-2+/t17-,18-,21+,22-/m1/s1. The second-order valence-electron chi connectivity index (χ2n) is 9.12. The molecule has 7 nitrogen and oxygen atoms in total. The molecule has 1 amide bonds. The summed E-state index contributed by atoms with van der Waals surface area (Å²) in [5, 5.41) is 16.5. The summed E-state index contributed by atoms with van der Waals surface area (Å²) in [5.41, 5.74) is 1.59. The smallest absolute Gasteiger partial charge is 0.258 e. The Morgan fingerprint density at radius 1 is 1.34 bits per heavy atom. The zero-order valence-corrected chi connectivity index (χ0v) is 19.1. The maximum absolute atomic E-state index is 13.5. The van der Waals surface area contributed by atoms with E-state index in [1.165, 1.54) is 0 Å². The molecule has 5 rings (SSSR count). The van der Waals surface area contributed by atoms with Gasteiger partial charge in [0.15, 0.2) is 0 Å². The van der Waals surface area contributed by atoms with E-state index >= 15 is 0 Å². The molecule has 0 spiro atoms. The fraction of sp³-hybridized carbons (Fsp3) is 0.542. The molecule has 0 bridgehead atoms. The van der Waals surface area contributed by atoms with E-state index in [1.54, 1.807) is 17.5 Å². The number of aliphatic hydroxyl groups is 1. The molecule has 2 N–H and O–H groups in total. The van der Waals surface area contributed by atoms with Crippen LogP contribution in [0.15, 0.2) is 34.6 Å². The minimum absolute atomic E-state index is 0.00124. The number of likely N-dealkylation sites (tertiary alicyclic amines) is 1. The quantitative estimate of drug-likeness (QED) is 0.701. The van der Waals surface area contributed by atoms with Crippen LogP contribution in [0.4, 0.5) is 0 Å². The van der Waals surface area contributed by atoms with Crippen LogP contribution in [0.25, 0.3) is 6.08 Å². The van der Waals surface area contributed by atoms with Crippen molar-refractivity contribution in [1.29, 1.82) is 0 Å². The highest BCUT2D eigenvalue weighted by molar-refractivity contribution is 7.09. The summed E-state index contributed by atoms with van der Waals surface area (Å²) in [4.78, 5) is 33.2. The summed E-state index contributed by atoms with van der Waals surface area (Å²) >= 11 is 1.57. The molecule has 1 saturated carbocycles. The highest BCUT2D eigenvalue weighted by atomic mass is 32.1. The molecular weight excluding hydrogens is 424 g/mol. The molecule has 2 aromatic rings. The maximum Gasteiger partial charge on any atom is 0.258 e. The number of amides is 1. The number of carbonyl (C=O) groups excluding carboxylic acids is 1. The van der Waals surface area contributed by atoms with Crippen molar-refractivity contribution in [3.05, 3.63) is 56.4 Å². The van der Waals surface area contributed by atoms with Crippen LogP contribution in [-0.2, 0) is 17.9 Å². The topological polar surface area (TPSA) is 87.5 Å². The first-order valence-corrected chi connectivity index (χ1v) is 12.4. The third-order valence-corrected chi connectivity index (χ3v) is 8.10. The summed E-state index contributed by atoms with van der Waals surface area (Å²) in [6, 6.07) is 3.59. The van der Waals surface area contributed by atoms with Gasteiger partial charge in [-0.1, -0.05) is 25.0 Å². The van der Waals surface area contributed by atoms with Crippen LogP contribution < -0.4 is 10.9 Å². The van der Waals surface area contributed by atoms with E-state index < -0.39 is 6.04 Å². The van der Waals surface area contributed by atoms with Gasteiger partial charge < -0.3 is 15.0 Å². The number of hydrogen-bond donors (Lipinski definition) is 2. The number of rotatable bonds is 6. The van der Waals surface area contributed by atoms with Crippen molar-refractivity contribution < 1.29 is 9.90 Å². The molecule has 0 radical (unpaired) electrons. The SMILES string of the molecule is C/C=C/c1ccc2n(c1=O)C[C@@H]1[C@@H](CO)[C@H](C(=O)NC3CCCC3)N(Cc3nccs3)[C@H]21. The second-order valence-corrected chi connectivity index (χ2v) is 10.1. The van der Waals surface area contributed by atoms with E-state index in [0.717, 1.165) is 36.4 Å². The molecule has 2 aromatic heterocycles. The lowest BCUT2D eigenvalue weighted by Crippen LogP contribution is -2.50. The number of aromatic nitrogens is 2. The Morgan fingerprint density at radius 2 is 2.16 bits per heavy atom.